The van der Waals surface area contributed by atoms with Crippen molar-refractivity contribution in [3.63, 3.8) is 0 Å². The zero-order chi connectivity index (χ0) is 12.3. The Morgan fingerprint density at radius 1 is 1.59 bits per heavy atom. The molecule has 3 N–H and O–H groups in total. The monoisotopic (exact) mass is 254 g/mol. The van der Waals surface area contributed by atoms with E-state index in [9.17, 15) is 9.90 Å². The lowest BCUT2D eigenvalue weighted by atomic mass is 10.1. The van der Waals surface area contributed by atoms with Gasteiger partial charge < -0.3 is 15.7 Å². The molecule has 1 aromatic rings. The molecule has 0 saturated carbocycles. The van der Waals surface area contributed by atoms with Crippen molar-refractivity contribution in [3.8, 4) is 0 Å². The molecular formula is C12H18N2O2S. The van der Waals surface area contributed by atoms with E-state index in [2.05, 4.69) is 10.6 Å². The molecule has 1 aliphatic heterocycles. The van der Waals surface area contributed by atoms with E-state index in [-0.39, 0.29) is 17.9 Å². The largest absolute Gasteiger partial charge is 0.391 e. The van der Waals surface area contributed by atoms with E-state index < -0.39 is 0 Å². The van der Waals surface area contributed by atoms with E-state index in [0.29, 0.717) is 19.5 Å². The number of carbonyl (C=O) groups is 1. The molecule has 5 heteroatoms. The summed E-state index contributed by atoms with van der Waals surface area (Å²) in [5.41, 5.74) is 0. The number of aryl methyl sites for hydroxylation is 1. The van der Waals surface area contributed by atoms with Gasteiger partial charge in [0.05, 0.1) is 12.5 Å². The first-order chi connectivity index (χ1) is 8.15. The lowest BCUT2D eigenvalue weighted by Crippen LogP contribution is -2.35. The Hall–Kier alpha value is -0.910. The van der Waals surface area contributed by atoms with Crippen LogP contribution in [0.3, 0.4) is 0 Å². The predicted octanol–water partition coefficient (Wildman–Crippen LogP) is 0.296. The standard InChI is InChI=1S/C12H18N2O2S/c1-8-2-3-10(17-8)4-12(16)14-6-9-5-13-7-11(9)15/h2-3,9,11,13,15H,4-7H2,1H3,(H,14,16). The minimum atomic E-state index is -0.334. The second kappa shape index (κ2) is 5.62. The molecule has 17 heavy (non-hydrogen) atoms. The summed E-state index contributed by atoms with van der Waals surface area (Å²) in [6.07, 6.45) is 0.105. The molecule has 1 fully saturated rings. The van der Waals surface area contributed by atoms with Crippen molar-refractivity contribution in [2.24, 2.45) is 5.92 Å². The number of hydrogen-bond donors (Lipinski definition) is 3. The quantitative estimate of drug-likeness (QED) is 0.724. The van der Waals surface area contributed by atoms with Gasteiger partial charge in [-0.25, -0.2) is 0 Å². The fourth-order valence-electron chi connectivity index (χ4n) is 1.97. The lowest BCUT2D eigenvalue weighted by Gasteiger charge is -2.13. The second-order valence-corrected chi connectivity index (χ2v) is 5.85. The van der Waals surface area contributed by atoms with Crippen molar-refractivity contribution in [2.45, 2.75) is 19.4 Å². The zero-order valence-corrected chi connectivity index (χ0v) is 10.7. The van der Waals surface area contributed by atoms with Crippen molar-refractivity contribution >= 4 is 17.2 Å². The average Bonchev–Trinajstić information content (AvgIpc) is 2.85. The predicted molar refractivity (Wildman–Crippen MR) is 68.1 cm³/mol. The summed E-state index contributed by atoms with van der Waals surface area (Å²) < 4.78 is 0. The molecular weight excluding hydrogens is 236 g/mol. The van der Waals surface area contributed by atoms with Crippen LogP contribution in [0.5, 0.6) is 0 Å². The summed E-state index contributed by atoms with van der Waals surface area (Å²) in [5, 5.41) is 15.6. The van der Waals surface area contributed by atoms with Crippen LogP contribution in [-0.2, 0) is 11.2 Å². The first-order valence-electron chi connectivity index (χ1n) is 5.86. The molecule has 0 radical (unpaired) electrons. The Morgan fingerprint density at radius 3 is 3.00 bits per heavy atom. The highest BCUT2D eigenvalue weighted by Crippen LogP contribution is 2.15. The van der Waals surface area contributed by atoms with E-state index in [1.54, 1.807) is 11.3 Å². The van der Waals surface area contributed by atoms with Crippen LogP contribution in [0.2, 0.25) is 0 Å². The molecule has 4 nitrogen and oxygen atoms in total. The fourth-order valence-corrected chi connectivity index (χ4v) is 2.86. The number of carbonyl (C=O) groups excluding carboxylic acids is 1. The van der Waals surface area contributed by atoms with Gasteiger partial charge in [-0.15, -0.1) is 11.3 Å². The van der Waals surface area contributed by atoms with Crippen molar-refractivity contribution in [2.75, 3.05) is 19.6 Å². The zero-order valence-electron chi connectivity index (χ0n) is 9.90. The molecule has 0 aliphatic carbocycles. The molecule has 2 unspecified atom stereocenters. The second-order valence-electron chi connectivity index (χ2n) is 4.48. The van der Waals surface area contributed by atoms with Crippen LogP contribution in [0.4, 0.5) is 0 Å². The Morgan fingerprint density at radius 2 is 2.41 bits per heavy atom. The number of aliphatic hydroxyl groups is 1. The highest BCUT2D eigenvalue weighted by molar-refractivity contribution is 7.12. The normalized spacial score (nSPS) is 23.9. The third kappa shape index (κ3) is 3.52. The SMILES string of the molecule is Cc1ccc(CC(=O)NCC2CNCC2O)s1. The van der Waals surface area contributed by atoms with Crippen LogP contribution in [0.15, 0.2) is 12.1 Å². The van der Waals surface area contributed by atoms with Gasteiger partial charge in [-0.05, 0) is 19.1 Å². The molecule has 1 amide bonds. The van der Waals surface area contributed by atoms with Gasteiger partial charge in [0.1, 0.15) is 0 Å². The van der Waals surface area contributed by atoms with Crippen LogP contribution in [0, 0.1) is 12.8 Å². The third-order valence-electron chi connectivity index (χ3n) is 3.00. The number of β-amino-alcohol motifs (C(OH)–C–C–N with tert-alkyl or cyclic N) is 1. The van der Waals surface area contributed by atoms with Crippen LogP contribution < -0.4 is 10.6 Å². The Bertz CT molecular complexity index is 392. The van der Waals surface area contributed by atoms with E-state index in [4.69, 9.17) is 0 Å². The van der Waals surface area contributed by atoms with Gasteiger partial charge in [-0.2, -0.15) is 0 Å². The molecule has 2 rings (SSSR count). The summed E-state index contributed by atoms with van der Waals surface area (Å²) in [6.45, 7) is 3.99. The Kier molecular flexibility index (Phi) is 4.15. The third-order valence-corrected chi connectivity index (χ3v) is 4.00. The van der Waals surface area contributed by atoms with E-state index in [1.807, 2.05) is 19.1 Å². The first-order valence-corrected chi connectivity index (χ1v) is 6.67. The molecule has 0 bridgehead atoms. The van der Waals surface area contributed by atoms with E-state index in [0.717, 1.165) is 11.4 Å². The summed E-state index contributed by atoms with van der Waals surface area (Å²) >= 11 is 1.65. The molecule has 0 spiro atoms. The van der Waals surface area contributed by atoms with Gasteiger partial charge >= 0.3 is 0 Å². The summed E-state index contributed by atoms with van der Waals surface area (Å²) in [6, 6.07) is 4.02. The number of rotatable bonds is 4. The average molecular weight is 254 g/mol. The van der Waals surface area contributed by atoms with E-state index in [1.165, 1.54) is 4.88 Å². The lowest BCUT2D eigenvalue weighted by molar-refractivity contribution is -0.120. The van der Waals surface area contributed by atoms with Crippen LogP contribution >= 0.6 is 11.3 Å². The maximum atomic E-state index is 11.7. The first kappa shape index (κ1) is 12.5. The van der Waals surface area contributed by atoms with Crippen LogP contribution in [0.25, 0.3) is 0 Å². The minimum absolute atomic E-state index is 0.0333. The minimum Gasteiger partial charge on any atom is -0.391 e. The molecule has 0 aromatic carbocycles. The van der Waals surface area contributed by atoms with Crippen LogP contribution in [0.1, 0.15) is 9.75 Å². The summed E-state index contributed by atoms with van der Waals surface area (Å²) in [7, 11) is 0. The number of nitrogens with one attached hydrogen (secondary N) is 2. The molecule has 2 atom stereocenters. The summed E-state index contributed by atoms with van der Waals surface area (Å²) in [4.78, 5) is 14.0. The van der Waals surface area contributed by atoms with Gasteiger partial charge in [-0.3, -0.25) is 4.79 Å². The Balaban J connectivity index is 1.74. The maximum absolute atomic E-state index is 11.7. The molecule has 1 aliphatic rings. The molecule has 1 aromatic heterocycles. The number of thiophene rings is 1. The smallest absolute Gasteiger partial charge is 0.225 e. The van der Waals surface area contributed by atoms with Crippen LogP contribution in [-0.4, -0.2) is 36.8 Å². The van der Waals surface area contributed by atoms with Gasteiger partial charge in [0.25, 0.3) is 0 Å². The number of amides is 1. The number of hydrogen-bond acceptors (Lipinski definition) is 4. The number of aliphatic hydroxyl groups excluding tert-OH is 1. The maximum Gasteiger partial charge on any atom is 0.225 e. The molecule has 2 heterocycles. The Labute approximate surface area is 105 Å². The van der Waals surface area contributed by atoms with Crippen molar-refractivity contribution in [1.29, 1.82) is 0 Å². The van der Waals surface area contributed by atoms with Crippen molar-refractivity contribution in [3.05, 3.63) is 21.9 Å². The summed E-state index contributed by atoms with van der Waals surface area (Å²) in [5.74, 6) is 0.176. The van der Waals surface area contributed by atoms with Gasteiger partial charge in [0, 0.05) is 35.3 Å². The van der Waals surface area contributed by atoms with E-state index >= 15 is 0 Å². The van der Waals surface area contributed by atoms with Gasteiger partial charge in [0.15, 0.2) is 0 Å². The van der Waals surface area contributed by atoms with Crippen molar-refractivity contribution in [1.82, 2.24) is 10.6 Å². The van der Waals surface area contributed by atoms with Crippen molar-refractivity contribution < 1.29 is 9.90 Å². The molecule has 94 valence electrons. The van der Waals surface area contributed by atoms with Gasteiger partial charge in [0.2, 0.25) is 5.91 Å². The van der Waals surface area contributed by atoms with Gasteiger partial charge in [-0.1, -0.05) is 0 Å². The topological polar surface area (TPSA) is 61.4 Å². The highest BCUT2D eigenvalue weighted by atomic mass is 32.1. The highest BCUT2D eigenvalue weighted by Gasteiger charge is 2.24. The fraction of sp³-hybridized carbons (Fsp3) is 0.583. The molecule has 1 saturated heterocycles.